The fourth-order valence-electron chi connectivity index (χ4n) is 3.08. The highest BCUT2D eigenvalue weighted by molar-refractivity contribution is 7.16. The normalized spacial score (nSPS) is 11.0. The molecule has 8 heteroatoms. The SMILES string of the molecule is COc1cc(-c2csc(CC(=O)c3ccc4scnc4c3)c2C(=O)O)ccc1Cl. The molecule has 2 heterocycles. The van der Waals surface area contributed by atoms with Crippen molar-refractivity contribution in [1.29, 1.82) is 0 Å². The lowest BCUT2D eigenvalue weighted by atomic mass is 9.99. The molecule has 2 aromatic heterocycles. The maximum absolute atomic E-state index is 12.8. The number of nitrogens with zero attached hydrogens (tertiary/aromatic N) is 1. The van der Waals surface area contributed by atoms with Gasteiger partial charge in [-0.2, -0.15) is 0 Å². The largest absolute Gasteiger partial charge is 0.495 e. The number of carbonyl (C=O) groups is 2. The number of hydrogen-bond donors (Lipinski definition) is 1. The number of aromatic nitrogens is 1. The zero-order valence-electron chi connectivity index (χ0n) is 15.1. The van der Waals surface area contributed by atoms with Gasteiger partial charge in [-0.05, 0) is 41.3 Å². The molecule has 29 heavy (non-hydrogen) atoms. The third-order valence-electron chi connectivity index (χ3n) is 4.52. The number of carbonyl (C=O) groups excluding carboxylic acids is 1. The van der Waals surface area contributed by atoms with Crippen LogP contribution in [-0.2, 0) is 6.42 Å². The smallest absolute Gasteiger partial charge is 0.337 e. The highest BCUT2D eigenvalue weighted by atomic mass is 35.5. The molecule has 0 aliphatic rings. The van der Waals surface area contributed by atoms with E-state index in [0.29, 0.717) is 32.3 Å². The van der Waals surface area contributed by atoms with Crippen LogP contribution in [0.1, 0.15) is 25.6 Å². The number of Topliss-reactive ketones (excluding diaryl/α,β-unsaturated/α-hetero) is 1. The molecule has 0 bridgehead atoms. The number of hydrogen-bond acceptors (Lipinski definition) is 6. The van der Waals surface area contributed by atoms with E-state index in [2.05, 4.69) is 4.98 Å². The van der Waals surface area contributed by atoms with E-state index in [1.54, 1.807) is 41.2 Å². The number of thiazole rings is 1. The molecule has 4 aromatic rings. The van der Waals surface area contributed by atoms with Crippen molar-refractivity contribution in [3.05, 3.63) is 68.3 Å². The van der Waals surface area contributed by atoms with Gasteiger partial charge in [0.05, 0.1) is 33.4 Å². The number of aromatic carboxylic acids is 1. The third-order valence-corrected chi connectivity index (χ3v) is 6.63. The van der Waals surface area contributed by atoms with E-state index in [0.717, 1.165) is 10.2 Å². The molecular weight excluding hydrogens is 430 g/mol. The second-order valence-electron chi connectivity index (χ2n) is 6.24. The van der Waals surface area contributed by atoms with E-state index in [9.17, 15) is 14.7 Å². The van der Waals surface area contributed by atoms with E-state index in [-0.39, 0.29) is 17.8 Å². The Bertz CT molecular complexity index is 1240. The minimum absolute atomic E-state index is 0.00662. The van der Waals surface area contributed by atoms with Gasteiger partial charge in [0.1, 0.15) is 5.75 Å². The van der Waals surface area contributed by atoms with Gasteiger partial charge < -0.3 is 9.84 Å². The second kappa shape index (κ2) is 7.94. The number of fused-ring (bicyclic) bond motifs is 1. The zero-order chi connectivity index (χ0) is 20.5. The standard InChI is InChI=1S/C21H14ClNO4S2/c1-27-17-7-11(2-4-14(17)22)13-9-28-19(20(13)21(25)26)8-16(24)12-3-5-18-15(6-12)23-10-29-18/h2-7,9-10H,8H2,1H3,(H,25,26). The molecule has 0 atom stereocenters. The maximum Gasteiger partial charge on any atom is 0.337 e. The summed E-state index contributed by atoms with van der Waals surface area (Å²) in [6.45, 7) is 0. The third kappa shape index (κ3) is 3.76. The molecule has 146 valence electrons. The first kappa shape index (κ1) is 19.6. The second-order valence-corrected chi connectivity index (χ2v) is 8.49. The van der Waals surface area contributed by atoms with Crippen molar-refractivity contribution in [1.82, 2.24) is 4.98 Å². The molecule has 2 aromatic carbocycles. The van der Waals surface area contributed by atoms with Crippen LogP contribution < -0.4 is 4.74 Å². The average molecular weight is 444 g/mol. The summed E-state index contributed by atoms with van der Waals surface area (Å²) in [7, 11) is 1.50. The lowest BCUT2D eigenvalue weighted by molar-refractivity contribution is 0.0697. The Morgan fingerprint density at radius 3 is 2.76 bits per heavy atom. The van der Waals surface area contributed by atoms with Crippen molar-refractivity contribution < 1.29 is 19.4 Å². The monoisotopic (exact) mass is 443 g/mol. The van der Waals surface area contributed by atoms with Gasteiger partial charge in [0, 0.05) is 22.4 Å². The van der Waals surface area contributed by atoms with E-state index >= 15 is 0 Å². The van der Waals surface area contributed by atoms with Crippen LogP contribution in [0.15, 0.2) is 47.3 Å². The van der Waals surface area contributed by atoms with Crippen LogP contribution in [0.4, 0.5) is 0 Å². The van der Waals surface area contributed by atoms with Crippen molar-refractivity contribution in [2.24, 2.45) is 0 Å². The number of methoxy groups -OCH3 is 1. The molecule has 0 radical (unpaired) electrons. The zero-order valence-corrected chi connectivity index (χ0v) is 17.5. The summed E-state index contributed by atoms with van der Waals surface area (Å²) in [4.78, 5) is 29.5. The van der Waals surface area contributed by atoms with Gasteiger partial charge in [-0.3, -0.25) is 4.79 Å². The summed E-state index contributed by atoms with van der Waals surface area (Å²) in [5, 5.41) is 12.0. The number of rotatable bonds is 6. The molecule has 0 saturated heterocycles. The van der Waals surface area contributed by atoms with Gasteiger partial charge in [0.25, 0.3) is 0 Å². The number of ether oxygens (including phenoxy) is 1. The van der Waals surface area contributed by atoms with Crippen LogP contribution in [0.25, 0.3) is 21.3 Å². The van der Waals surface area contributed by atoms with Crippen LogP contribution in [0.2, 0.25) is 5.02 Å². The minimum Gasteiger partial charge on any atom is -0.495 e. The summed E-state index contributed by atoms with van der Waals surface area (Å²) >= 11 is 8.84. The molecule has 4 rings (SSSR count). The summed E-state index contributed by atoms with van der Waals surface area (Å²) in [5.41, 5.74) is 4.34. The van der Waals surface area contributed by atoms with Crippen LogP contribution in [-0.4, -0.2) is 29.0 Å². The van der Waals surface area contributed by atoms with Crippen LogP contribution in [0.5, 0.6) is 5.75 Å². The molecule has 0 amide bonds. The lowest BCUT2D eigenvalue weighted by Gasteiger charge is -2.07. The summed E-state index contributed by atoms with van der Waals surface area (Å²) in [6.07, 6.45) is 0.00662. The molecular formula is C21H14ClNO4S2. The Balaban J connectivity index is 1.69. The molecule has 0 unspecified atom stereocenters. The first-order valence-corrected chi connectivity index (χ1v) is 10.7. The Kier molecular flexibility index (Phi) is 5.36. The van der Waals surface area contributed by atoms with Crippen molar-refractivity contribution in [3.8, 4) is 16.9 Å². The van der Waals surface area contributed by atoms with Gasteiger partial charge >= 0.3 is 5.97 Å². The first-order chi connectivity index (χ1) is 14.0. The highest BCUT2D eigenvalue weighted by Gasteiger charge is 2.22. The molecule has 5 nitrogen and oxygen atoms in total. The van der Waals surface area contributed by atoms with Crippen LogP contribution in [0.3, 0.4) is 0 Å². The van der Waals surface area contributed by atoms with E-state index in [1.165, 1.54) is 29.8 Å². The van der Waals surface area contributed by atoms with Crippen molar-refractivity contribution in [2.45, 2.75) is 6.42 Å². The number of thiophene rings is 1. The summed E-state index contributed by atoms with van der Waals surface area (Å²) in [6, 6.07) is 10.4. The average Bonchev–Trinajstić information content (AvgIpc) is 3.34. The molecule has 0 aliphatic carbocycles. The topological polar surface area (TPSA) is 76.5 Å². The number of carboxylic acids is 1. The lowest BCUT2D eigenvalue weighted by Crippen LogP contribution is -2.07. The first-order valence-electron chi connectivity index (χ1n) is 8.52. The predicted molar refractivity (Wildman–Crippen MR) is 116 cm³/mol. The van der Waals surface area contributed by atoms with Gasteiger partial charge in [-0.25, -0.2) is 9.78 Å². The van der Waals surface area contributed by atoms with Gasteiger partial charge in [0.2, 0.25) is 0 Å². The Hall–Kier alpha value is -2.74. The molecule has 0 saturated carbocycles. The fourth-order valence-corrected chi connectivity index (χ4v) is 4.98. The van der Waals surface area contributed by atoms with Crippen molar-refractivity contribution in [3.63, 3.8) is 0 Å². The minimum atomic E-state index is -1.08. The Morgan fingerprint density at radius 2 is 2.00 bits per heavy atom. The predicted octanol–water partition coefficient (Wildman–Crippen LogP) is 5.81. The van der Waals surface area contributed by atoms with Crippen molar-refractivity contribution in [2.75, 3.05) is 7.11 Å². The van der Waals surface area contributed by atoms with Crippen molar-refractivity contribution >= 4 is 56.2 Å². The summed E-state index contributed by atoms with van der Waals surface area (Å²) < 4.78 is 6.23. The number of benzene rings is 2. The molecule has 0 fully saturated rings. The number of carboxylic acid groups (broad SMARTS) is 1. The summed E-state index contributed by atoms with van der Waals surface area (Å²) in [5.74, 6) is -0.765. The van der Waals surface area contributed by atoms with Crippen LogP contribution >= 0.6 is 34.3 Å². The van der Waals surface area contributed by atoms with Gasteiger partial charge in [-0.15, -0.1) is 22.7 Å². The maximum atomic E-state index is 12.8. The van der Waals surface area contributed by atoms with E-state index < -0.39 is 5.97 Å². The van der Waals surface area contributed by atoms with E-state index in [1.807, 2.05) is 6.07 Å². The fraction of sp³-hybridized carbons (Fsp3) is 0.0952. The van der Waals surface area contributed by atoms with E-state index in [4.69, 9.17) is 16.3 Å². The Morgan fingerprint density at radius 1 is 1.17 bits per heavy atom. The highest BCUT2D eigenvalue weighted by Crippen LogP contribution is 2.36. The van der Waals surface area contributed by atoms with Gasteiger partial charge in [-0.1, -0.05) is 17.7 Å². The van der Waals surface area contributed by atoms with Gasteiger partial charge in [0.15, 0.2) is 5.78 Å². The quantitative estimate of drug-likeness (QED) is 0.380. The molecule has 0 aliphatic heterocycles. The molecule has 0 spiro atoms. The van der Waals surface area contributed by atoms with Crippen LogP contribution in [0, 0.1) is 0 Å². The Labute approximate surface area is 179 Å². The molecule has 1 N–H and O–H groups in total. The number of halogens is 1. The number of ketones is 1.